The van der Waals surface area contributed by atoms with Crippen LogP contribution in [-0.2, 0) is 18.8 Å². The Labute approximate surface area is 85.3 Å². The fraction of sp³-hybridized carbons (Fsp3) is 0.143. The normalized spacial score (nSPS) is 22.6. The molecule has 0 fully saturated rings. The van der Waals surface area contributed by atoms with Gasteiger partial charge in [-0.3, -0.25) is 0 Å². The van der Waals surface area contributed by atoms with Gasteiger partial charge in [0.15, 0.2) is 0 Å². The Morgan fingerprint density at radius 1 is 1.23 bits per heavy atom. The summed E-state index contributed by atoms with van der Waals surface area (Å²) in [6.45, 7) is 0. The zero-order chi connectivity index (χ0) is 9.69. The van der Waals surface area contributed by atoms with Crippen LogP contribution in [-0.4, -0.2) is 8.42 Å². The molecule has 0 radical (unpaired) electrons. The van der Waals surface area contributed by atoms with Crippen LogP contribution < -0.4 is 0 Å². The monoisotopic (exact) mass is 238 g/mol. The molecule has 70 valence electrons. The van der Waals surface area contributed by atoms with E-state index in [1.807, 2.05) is 0 Å². The van der Waals surface area contributed by atoms with E-state index in [0.29, 0.717) is 0 Å². The van der Waals surface area contributed by atoms with Crippen molar-refractivity contribution in [2.75, 3.05) is 0 Å². The van der Waals surface area contributed by atoms with Crippen LogP contribution in [0.5, 0.6) is 0 Å². The molecule has 1 aromatic rings. The second-order valence-corrected chi connectivity index (χ2v) is 5.32. The molecule has 1 aromatic carbocycles. The Kier molecular flexibility index (Phi) is 1.86. The van der Waals surface area contributed by atoms with E-state index in [1.54, 1.807) is 12.1 Å². The lowest BCUT2D eigenvalue weighted by molar-refractivity contribution is 0.271. The molecule has 0 unspecified atom stereocenters. The van der Waals surface area contributed by atoms with Gasteiger partial charge in [0.05, 0.1) is 0 Å². The van der Waals surface area contributed by atoms with Gasteiger partial charge in [0, 0.05) is 5.56 Å². The minimum atomic E-state index is -3.78. The van der Waals surface area contributed by atoms with Crippen LogP contribution >= 0.6 is 23.2 Å². The Morgan fingerprint density at radius 3 is 2.46 bits per heavy atom. The van der Waals surface area contributed by atoms with E-state index in [0.717, 1.165) is 0 Å². The fourth-order valence-electron chi connectivity index (χ4n) is 1.15. The molecule has 0 saturated carbocycles. The van der Waals surface area contributed by atoms with Crippen LogP contribution in [0.4, 0.5) is 0 Å². The first kappa shape index (κ1) is 9.27. The first-order chi connectivity index (χ1) is 5.93. The van der Waals surface area contributed by atoms with Crippen molar-refractivity contribution in [2.45, 2.75) is 9.41 Å². The molecule has 0 N–H and O–H groups in total. The molecular formula is C7H4Cl2O3S. The highest BCUT2D eigenvalue weighted by Crippen LogP contribution is 2.46. The molecule has 1 aliphatic heterocycles. The van der Waals surface area contributed by atoms with Gasteiger partial charge in [-0.2, -0.15) is 8.42 Å². The molecule has 1 aliphatic rings. The summed E-state index contributed by atoms with van der Waals surface area (Å²) in [5.74, 6) is 0. The lowest BCUT2D eigenvalue weighted by Crippen LogP contribution is -2.09. The highest BCUT2D eigenvalue weighted by atomic mass is 35.5. The number of hydrogen-bond donors (Lipinski definition) is 0. The summed E-state index contributed by atoms with van der Waals surface area (Å²) < 4.78 is 25.3. The fourth-order valence-corrected chi connectivity index (χ4v) is 3.27. The Morgan fingerprint density at radius 2 is 1.85 bits per heavy atom. The average Bonchev–Trinajstić information content (AvgIpc) is 2.20. The molecule has 2 rings (SSSR count). The third-order valence-corrected chi connectivity index (χ3v) is 3.79. The molecular weight excluding hydrogens is 235 g/mol. The van der Waals surface area contributed by atoms with Crippen molar-refractivity contribution in [3.05, 3.63) is 29.8 Å². The van der Waals surface area contributed by atoms with E-state index < -0.39 is 14.6 Å². The number of rotatable bonds is 0. The van der Waals surface area contributed by atoms with Crippen LogP contribution in [0.3, 0.4) is 0 Å². The second-order valence-electron chi connectivity index (χ2n) is 2.55. The van der Waals surface area contributed by atoms with Crippen LogP contribution in [0.1, 0.15) is 5.56 Å². The molecule has 0 spiro atoms. The van der Waals surface area contributed by atoms with E-state index in [4.69, 9.17) is 23.2 Å². The van der Waals surface area contributed by atoms with E-state index in [1.165, 1.54) is 12.1 Å². The van der Waals surface area contributed by atoms with Gasteiger partial charge in [-0.25, -0.2) is 4.18 Å². The van der Waals surface area contributed by atoms with Crippen molar-refractivity contribution in [3.8, 4) is 0 Å². The maximum atomic E-state index is 11.3. The van der Waals surface area contributed by atoms with E-state index in [9.17, 15) is 8.42 Å². The van der Waals surface area contributed by atoms with Gasteiger partial charge >= 0.3 is 10.1 Å². The molecule has 3 nitrogen and oxygen atoms in total. The summed E-state index contributed by atoms with van der Waals surface area (Å²) in [5.41, 5.74) is 0.262. The van der Waals surface area contributed by atoms with Gasteiger partial charge < -0.3 is 0 Å². The maximum absolute atomic E-state index is 11.3. The molecule has 6 heteroatoms. The first-order valence-electron chi connectivity index (χ1n) is 3.36. The van der Waals surface area contributed by atoms with Crippen molar-refractivity contribution in [1.82, 2.24) is 0 Å². The van der Waals surface area contributed by atoms with Crippen LogP contribution in [0.15, 0.2) is 29.2 Å². The van der Waals surface area contributed by atoms with Crippen molar-refractivity contribution in [3.63, 3.8) is 0 Å². The maximum Gasteiger partial charge on any atom is 0.300 e. The number of fused-ring (bicyclic) bond motifs is 1. The SMILES string of the molecule is O=S1(=O)OC(Cl)(Cl)c2ccccc21. The van der Waals surface area contributed by atoms with E-state index >= 15 is 0 Å². The quantitative estimate of drug-likeness (QED) is 0.513. The summed E-state index contributed by atoms with van der Waals surface area (Å²) in [7, 11) is -3.78. The van der Waals surface area contributed by atoms with Crippen molar-refractivity contribution in [2.24, 2.45) is 0 Å². The predicted molar refractivity (Wildman–Crippen MR) is 48.1 cm³/mol. The highest BCUT2D eigenvalue weighted by Gasteiger charge is 2.45. The van der Waals surface area contributed by atoms with Crippen molar-refractivity contribution < 1.29 is 12.6 Å². The van der Waals surface area contributed by atoms with Gasteiger partial charge in [-0.15, -0.1) is 0 Å². The number of alkyl halides is 2. The van der Waals surface area contributed by atoms with Crippen LogP contribution in [0.25, 0.3) is 0 Å². The Hall–Kier alpha value is -0.290. The zero-order valence-electron chi connectivity index (χ0n) is 6.20. The smallest absolute Gasteiger partial charge is 0.223 e. The summed E-state index contributed by atoms with van der Waals surface area (Å²) in [4.78, 5) is 0.0278. The van der Waals surface area contributed by atoms with Crippen molar-refractivity contribution in [1.29, 1.82) is 0 Å². The highest BCUT2D eigenvalue weighted by molar-refractivity contribution is 7.87. The minimum Gasteiger partial charge on any atom is -0.223 e. The largest absolute Gasteiger partial charge is 0.300 e. The van der Waals surface area contributed by atoms with Gasteiger partial charge in [0.2, 0.25) is 0 Å². The standard InChI is InChI=1S/C7H4Cl2O3S/c8-7(9)5-3-1-2-4-6(5)13(10,11)12-7/h1-4H. The molecule has 1 heterocycles. The van der Waals surface area contributed by atoms with Gasteiger partial charge in [0.25, 0.3) is 4.52 Å². The number of halogens is 2. The average molecular weight is 239 g/mol. The molecule has 0 bridgehead atoms. The van der Waals surface area contributed by atoms with Crippen LogP contribution in [0, 0.1) is 0 Å². The second kappa shape index (κ2) is 2.60. The lowest BCUT2D eigenvalue weighted by atomic mass is 10.2. The first-order valence-corrected chi connectivity index (χ1v) is 5.53. The number of hydrogen-bond acceptors (Lipinski definition) is 3. The predicted octanol–water partition coefficient (Wildman–Crippen LogP) is 1.99. The van der Waals surface area contributed by atoms with E-state index in [-0.39, 0.29) is 10.5 Å². The summed E-state index contributed by atoms with van der Waals surface area (Å²) in [6.07, 6.45) is 0. The zero-order valence-corrected chi connectivity index (χ0v) is 8.53. The number of benzene rings is 1. The molecule has 0 saturated heterocycles. The molecule has 13 heavy (non-hydrogen) atoms. The Bertz CT molecular complexity index is 453. The van der Waals surface area contributed by atoms with Crippen molar-refractivity contribution >= 4 is 33.3 Å². The van der Waals surface area contributed by atoms with Crippen LogP contribution in [0.2, 0.25) is 0 Å². The van der Waals surface area contributed by atoms with Gasteiger partial charge in [-0.1, -0.05) is 41.4 Å². The molecule has 0 aliphatic carbocycles. The summed E-state index contributed by atoms with van der Waals surface area (Å²) >= 11 is 11.3. The van der Waals surface area contributed by atoms with E-state index in [2.05, 4.69) is 4.18 Å². The summed E-state index contributed by atoms with van der Waals surface area (Å²) in [6, 6.07) is 6.13. The topological polar surface area (TPSA) is 43.4 Å². The summed E-state index contributed by atoms with van der Waals surface area (Å²) in [5, 5.41) is 0. The van der Waals surface area contributed by atoms with Gasteiger partial charge in [-0.05, 0) is 6.07 Å². The third-order valence-electron chi connectivity index (χ3n) is 1.68. The minimum absolute atomic E-state index is 0.0278. The Balaban J connectivity index is 2.79. The molecule has 0 amide bonds. The third kappa shape index (κ3) is 1.34. The molecule has 0 aromatic heterocycles. The molecule has 0 atom stereocenters. The lowest BCUT2D eigenvalue weighted by Gasteiger charge is -2.08. The van der Waals surface area contributed by atoms with Gasteiger partial charge in [0.1, 0.15) is 4.90 Å².